The van der Waals surface area contributed by atoms with E-state index in [9.17, 15) is 4.79 Å². The van der Waals surface area contributed by atoms with E-state index in [1.54, 1.807) is 0 Å². The number of rotatable bonds is 5. The van der Waals surface area contributed by atoms with Crippen LogP contribution < -0.4 is 15.5 Å². The molecular formula is C16H23N3O2. The van der Waals surface area contributed by atoms with Crippen LogP contribution in [0.3, 0.4) is 0 Å². The molecule has 2 rings (SSSR count). The third-order valence-corrected chi connectivity index (χ3v) is 3.74. The van der Waals surface area contributed by atoms with E-state index in [4.69, 9.17) is 5.11 Å². The first-order valence-electron chi connectivity index (χ1n) is 7.30. The summed E-state index contributed by atoms with van der Waals surface area (Å²) in [6, 6.07) is 7.52. The quantitative estimate of drug-likeness (QED) is 0.728. The average Bonchev–Trinajstić information content (AvgIpc) is 2.94. The largest absolute Gasteiger partial charge is 0.396 e. The molecule has 0 unspecified atom stereocenters. The number of nitrogens with one attached hydrogen (secondary N) is 2. The van der Waals surface area contributed by atoms with Gasteiger partial charge in [-0.15, -0.1) is 0 Å². The molecule has 1 aliphatic rings. The molecule has 2 amide bonds. The molecule has 2 atom stereocenters. The molecule has 0 fully saturated rings. The number of aliphatic hydroxyl groups is 1. The molecule has 0 radical (unpaired) electrons. The van der Waals surface area contributed by atoms with Crippen molar-refractivity contribution in [2.24, 2.45) is 5.92 Å². The van der Waals surface area contributed by atoms with E-state index in [-0.39, 0.29) is 24.6 Å². The van der Waals surface area contributed by atoms with Gasteiger partial charge in [-0.25, -0.2) is 4.79 Å². The molecule has 0 aromatic heterocycles. The van der Waals surface area contributed by atoms with Crippen molar-refractivity contribution < 1.29 is 9.90 Å². The van der Waals surface area contributed by atoms with Crippen LogP contribution in [0.1, 0.15) is 13.3 Å². The van der Waals surface area contributed by atoms with E-state index >= 15 is 0 Å². The van der Waals surface area contributed by atoms with Gasteiger partial charge in [-0.1, -0.05) is 18.2 Å². The lowest BCUT2D eigenvalue weighted by Gasteiger charge is -2.18. The van der Waals surface area contributed by atoms with Crippen LogP contribution in [-0.4, -0.2) is 37.4 Å². The summed E-state index contributed by atoms with van der Waals surface area (Å²) in [5, 5.41) is 14.8. The third kappa shape index (κ3) is 4.23. The van der Waals surface area contributed by atoms with Crippen molar-refractivity contribution in [2.45, 2.75) is 19.4 Å². The van der Waals surface area contributed by atoms with Crippen LogP contribution in [0.2, 0.25) is 0 Å². The summed E-state index contributed by atoms with van der Waals surface area (Å²) in [7, 11) is 2.01. The Morgan fingerprint density at radius 1 is 1.43 bits per heavy atom. The molecular weight excluding hydrogens is 266 g/mol. The maximum absolute atomic E-state index is 12.0. The Labute approximate surface area is 125 Å². The number of hydrogen-bond acceptors (Lipinski definition) is 3. The average molecular weight is 289 g/mol. The highest BCUT2D eigenvalue weighted by atomic mass is 16.3. The van der Waals surface area contributed by atoms with Crippen LogP contribution in [-0.2, 0) is 0 Å². The standard InChI is InChI=1S/C16H23N3O2/c1-3-19(2)15-6-4-5-13(10-15)17-16(21)18-14-8-7-12(9-14)11-20/h4-8,10,12,14,20H,3,9,11H2,1-2H3,(H2,17,18,21)/t12-,14+/m0/s1. The van der Waals surface area contributed by atoms with Gasteiger partial charge in [0.15, 0.2) is 0 Å². The van der Waals surface area contributed by atoms with Crippen LogP contribution >= 0.6 is 0 Å². The molecule has 1 aliphatic carbocycles. The fraction of sp³-hybridized carbons (Fsp3) is 0.438. The summed E-state index contributed by atoms with van der Waals surface area (Å²) in [6.07, 6.45) is 4.63. The van der Waals surface area contributed by atoms with Crippen LogP contribution in [0, 0.1) is 5.92 Å². The first-order chi connectivity index (χ1) is 10.1. The molecule has 1 aromatic rings. The normalized spacial score (nSPS) is 20.3. The first kappa shape index (κ1) is 15.4. The van der Waals surface area contributed by atoms with Gasteiger partial charge >= 0.3 is 6.03 Å². The van der Waals surface area contributed by atoms with Crippen molar-refractivity contribution in [1.82, 2.24) is 5.32 Å². The van der Waals surface area contributed by atoms with Crippen LogP contribution in [0.4, 0.5) is 16.2 Å². The van der Waals surface area contributed by atoms with Crippen LogP contribution in [0.5, 0.6) is 0 Å². The van der Waals surface area contributed by atoms with Gasteiger partial charge in [0.1, 0.15) is 0 Å². The minimum Gasteiger partial charge on any atom is -0.396 e. The molecule has 3 N–H and O–H groups in total. The highest BCUT2D eigenvalue weighted by molar-refractivity contribution is 5.90. The van der Waals surface area contributed by atoms with Crippen molar-refractivity contribution in [3.63, 3.8) is 0 Å². The van der Waals surface area contributed by atoms with E-state index < -0.39 is 0 Å². The Morgan fingerprint density at radius 3 is 2.90 bits per heavy atom. The SMILES string of the molecule is CCN(C)c1cccc(NC(=O)N[C@@H]2C=C[C@H](CO)C2)c1. The van der Waals surface area contributed by atoms with E-state index in [0.29, 0.717) is 0 Å². The van der Waals surface area contributed by atoms with E-state index in [1.165, 1.54) is 0 Å². The molecule has 0 aliphatic heterocycles. The van der Waals surface area contributed by atoms with Gasteiger partial charge in [-0.3, -0.25) is 0 Å². The Kier molecular flexibility index (Phi) is 5.22. The molecule has 5 nitrogen and oxygen atoms in total. The number of benzene rings is 1. The number of hydrogen-bond donors (Lipinski definition) is 3. The van der Waals surface area contributed by atoms with E-state index in [0.717, 1.165) is 24.3 Å². The van der Waals surface area contributed by atoms with E-state index in [2.05, 4.69) is 22.5 Å². The second kappa shape index (κ2) is 7.13. The smallest absolute Gasteiger partial charge is 0.319 e. The topological polar surface area (TPSA) is 64.6 Å². The van der Waals surface area contributed by atoms with Gasteiger partial charge in [0.25, 0.3) is 0 Å². The molecule has 0 bridgehead atoms. The van der Waals surface area contributed by atoms with Crippen molar-refractivity contribution in [3.8, 4) is 0 Å². The Morgan fingerprint density at radius 2 is 2.24 bits per heavy atom. The minimum atomic E-state index is -0.223. The summed E-state index contributed by atoms with van der Waals surface area (Å²) in [4.78, 5) is 14.1. The first-order valence-corrected chi connectivity index (χ1v) is 7.30. The fourth-order valence-electron chi connectivity index (χ4n) is 2.36. The van der Waals surface area contributed by atoms with Gasteiger partial charge in [0.05, 0.1) is 0 Å². The molecule has 1 aromatic carbocycles. The van der Waals surface area contributed by atoms with Crippen molar-refractivity contribution in [1.29, 1.82) is 0 Å². The molecule has 114 valence electrons. The number of anilines is 2. The molecule has 0 saturated carbocycles. The van der Waals surface area contributed by atoms with Crippen molar-refractivity contribution >= 4 is 17.4 Å². The summed E-state index contributed by atoms with van der Waals surface area (Å²) in [6.45, 7) is 3.11. The zero-order chi connectivity index (χ0) is 15.2. The lowest BCUT2D eigenvalue weighted by atomic mass is 10.1. The highest BCUT2D eigenvalue weighted by Gasteiger charge is 2.19. The maximum Gasteiger partial charge on any atom is 0.319 e. The molecule has 0 spiro atoms. The second-order valence-electron chi connectivity index (χ2n) is 5.33. The van der Waals surface area contributed by atoms with Crippen molar-refractivity contribution in [2.75, 3.05) is 30.4 Å². The van der Waals surface area contributed by atoms with Gasteiger partial charge in [-0.05, 0) is 31.5 Å². The number of aliphatic hydroxyl groups excluding tert-OH is 1. The summed E-state index contributed by atoms with van der Waals surface area (Å²) in [5.74, 6) is 0.150. The fourth-order valence-corrected chi connectivity index (χ4v) is 2.36. The highest BCUT2D eigenvalue weighted by Crippen LogP contribution is 2.19. The lowest BCUT2D eigenvalue weighted by molar-refractivity contribution is 0.238. The Bertz CT molecular complexity index is 516. The number of carbonyl (C=O) groups is 1. The Hall–Kier alpha value is -2.01. The predicted molar refractivity (Wildman–Crippen MR) is 85.7 cm³/mol. The van der Waals surface area contributed by atoms with Gasteiger partial charge < -0.3 is 20.6 Å². The van der Waals surface area contributed by atoms with Gasteiger partial charge in [-0.2, -0.15) is 0 Å². The number of carbonyl (C=O) groups excluding carboxylic acids is 1. The second-order valence-corrected chi connectivity index (χ2v) is 5.33. The summed E-state index contributed by atoms with van der Waals surface area (Å²) in [5.41, 5.74) is 1.84. The monoisotopic (exact) mass is 289 g/mol. The minimum absolute atomic E-state index is 0.0105. The van der Waals surface area contributed by atoms with Gasteiger partial charge in [0, 0.05) is 43.5 Å². The van der Waals surface area contributed by atoms with Crippen LogP contribution in [0.15, 0.2) is 36.4 Å². The zero-order valence-corrected chi connectivity index (χ0v) is 12.5. The number of urea groups is 1. The van der Waals surface area contributed by atoms with Gasteiger partial charge in [0.2, 0.25) is 0 Å². The lowest BCUT2D eigenvalue weighted by Crippen LogP contribution is -2.36. The van der Waals surface area contributed by atoms with E-state index in [1.807, 2.05) is 43.5 Å². The predicted octanol–water partition coefficient (Wildman–Crippen LogP) is 2.20. The molecule has 21 heavy (non-hydrogen) atoms. The Balaban J connectivity index is 1.90. The number of amides is 2. The number of nitrogens with zero attached hydrogens (tertiary/aromatic N) is 1. The zero-order valence-electron chi connectivity index (χ0n) is 12.5. The molecule has 0 heterocycles. The van der Waals surface area contributed by atoms with Crippen molar-refractivity contribution in [3.05, 3.63) is 36.4 Å². The molecule has 5 heteroatoms. The van der Waals surface area contributed by atoms with Crippen LogP contribution in [0.25, 0.3) is 0 Å². The summed E-state index contributed by atoms with van der Waals surface area (Å²) < 4.78 is 0. The molecule has 0 saturated heterocycles. The summed E-state index contributed by atoms with van der Waals surface area (Å²) >= 11 is 0. The maximum atomic E-state index is 12.0. The third-order valence-electron chi connectivity index (χ3n) is 3.74.